The van der Waals surface area contributed by atoms with Crippen molar-refractivity contribution in [1.29, 1.82) is 0 Å². The minimum atomic E-state index is -3.35. The molecule has 1 amide bonds. The molecule has 184 valence electrons. The highest BCUT2D eigenvalue weighted by Crippen LogP contribution is 2.36. The van der Waals surface area contributed by atoms with Crippen molar-refractivity contribution in [3.05, 3.63) is 101 Å². The van der Waals surface area contributed by atoms with Crippen LogP contribution in [-0.4, -0.2) is 32.2 Å². The van der Waals surface area contributed by atoms with Crippen molar-refractivity contribution in [1.82, 2.24) is 5.32 Å². The third-order valence-electron chi connectivity index (χ3n) is 6.72. The molecule has 0 radical (unpaired) electrons. The van der Waals surface area contributed by atoms with Gasteiger partial charge in [0.05, 0.1) is 10.5 Å². The number of nitrogens with zero attached hydrogens (tertiary/aromatic N) is 1. The summed E-state index contributed by atoms with van der Waals surface area (Å²) in [5.41, 5.74) is 3.77. The molecule has 0 aromatic heterocycles. The first-order valence-electron chi connectivity index (χ1n) is 11.9. The molecule has 2 N–H and O–H groups in total. The van der Waals surface area contributed by atoms with Gasteiger partial charge in [-0.3, -0.25) is 4.79 Å². The van der Waals surface area contributed by atoms with Crippen LogP contribution in [-0.2, 0) is 29.3 Å². The number of hydrogen-bond donors (Lipinski definition) is 2. The van der Waals surface area contributed by atoms with Crippen LogP contribution in [0.3, 0.4) is 0 Å². The molecule has 0 bridgehead atoms. The van der Waals surface area contributed by atoms with E-state index in [4.69, 9.17) is 0 Å². The van der Waals surface area contributed by atoms with E-state index in [0.717, 1.165) is 47.0 Å². The highest BCUT2D eigenvalue weighted by atomic mass is 32.2. The number of phenols is 1. The Balaban J connectivity index is 1.52. The zero-order chi connectivity index (χ0) is 25.3. The number of aromatic hydroxyl groups is 1. The van der Waals surface area contributed by atoms with Crippen molar-refractivity contribution in [3.63, 3.8) is 0 Å². The Kier molecular flexibility index (Phi) is 6.41. The normalized spacial score (nSPS) is 13.4. The van der Waals surface area contributed by atoms with Crippen molar-refractivity contribution in [3.8, 4) is 5.75 Å². The van der Waals surface area contributed by atoms with Crippen molar-refractivity contribution in [2.45, 2.75) is 30.8 Å². The number of anilines is 1. The Bertz CT molecular complexity index is 1550. The molecule has 4 aromatic rings. The van der Waals surface area contributed by atoms with E-state index in [9.17, 15) is 18.3 Å². The highest BCUT2D eigenvalue weighted by molar-refractivity contribution is 7.90. The molecular formula is C29H28N2O4S. The minimum absolute atomic E-state index is 0.0503. The fourth-order valence-electron chi connectivity index (χ4n) is 4.83. The first-order chi connectivity index (χ1) is 17.3. The fraction of sp³-hybridized carbons (Fsp3) is 0.207. The Morgan fingerprint density at radius 2 is 1.75 bits per heavy atom. The predicted molar refractivity (Wildman–Crippen MR) is 142 cm³/mol. The predicted octanol–water partition coefficient (Wildman–Crippen LogP) is 4.83. The van der Waals surface area contributed by atoms with Gasteiger partial charge >= 0.3 is 0 Å². The number of nitrogens with one attached hydrogen (secondary N) is 1. The molecule has 7 heteroatoms. The summed E-state index contributed by atoms with van der Waals surface area (Å²) in [6.45, 7) is 1.43. The van der Waals surface area contributed by atoms with Gasteiger partial charge < -0.3 is 15.3 Å². The topological polar surface area (TPSA) is 86.7 Å². The third kappa shape index (κ3) is 4.79. The lowest BCUT2D eigenvalue weighted by Gasteiger charge is -2.32. The first-order valence-corrected chi connectivity index (χ1v) is 13.8. The average Bonchev–Trinajstić information content (AvgIpc) is 2.88. The number of amides is 1. The van der Waals surface area contributed by atoms with E-state index < -0.39 is 9.84 Å². The number of carbonyl (C=O) groups is 1. The van der Waals surface area contributed by atoms with Gasteiger partial charge in [-0.05, 0) is 52.9 Å². The number of hydrogen-bond acceptors (Lipinski definition) is 5. The maximum atomic E-state index is 13.1. The number of sulfone groups is 1. The molecule has 0 unspecified atom stereocenters. The molecule has 0 saturated heterocycles. The van der Waals surface area contributed by atoms with Crippen LogP contribution in [0.15, 0.2) is 83.8 Å². The molecule has 1 aliphatic heterocycles. The Hall–Kier alpha value is -3.84. The largest absolute Gasteiger partial charge is 0.507 e. The van der Waals surface area contributed by atoms with E-state index >= 15 is 0 Å². The molecule has 6 nitrogen and oxygen atoms in total. The molecule has 36 heavy (non-hydrogen) atoms. The molecule has 0 atom stereocenters. The number of fused-ring (bicyclic) bond motifs is 2. The van der Waals surface area contributed by atoms with Gasteiger partial charge in [-0.15, -0.1) is 0 Å². The summed E-state index contributed by atoms with van der Waals surface area (Å²) < 4.78 is 24.4. The van der Waals surface area contributed by atoms with Crippen molar-refractivity contribution in [2.24, 2.45) is 0 Å². The van der Waals surface area contributed by atoms with E-state index in [1.807, 2.05) is 60.7 Å². The van der Waals surface area contributed by atoms with E-state index in [0.29, 0.717) is 18.7 Å². The summed E-state index contributed by atoms with van der Waals surface area (Å²) in [5.74, 6) is -0.396. The Morgan fingerprint density at radius 3 is 2.53 bits per heavy atom. The lowest BCUT2D eigenvalue weighted by atomic mass is 9.96. The summed E-state index contributed by atoms with van der Waals surface area (Å²) >= 11 is 0. The van der Waals surface area contributed by atoms with Crippen LogP contribution in [0, 0.1) is 0 Å². The quantitative estimate of drug-likeness (QED) is 0.396. The molecule has 0 spiro atoms. The van der Waals surface area contributed by atoms with Gasteiger partial charge in [0.1, 0.15) is 5.75 Å². The summed E-state index contributed by atoms with van der Waals surface area (Å²) in [6, 6.07) is 24.3. The van der Waals surface area contributed by atoms with Crippen LogP contribution in [0.4, 0.5) is 5.69 Å². The molecule has 4 aromatic carbocycles. The molecule has 0 aliphatic carbocycles. The molecule has 0 fully saturated rings. The number of rotatable bonds is 6. The smallest absolute Gasteiger partial charge is 0.255 e. The second-order valence-electron chi connectivity index (χ2n) is 9.23. The van der Waals surface area contributed by atoms with Crippen LogP contribution in [0.1, 0.15) is 33.5 Å². The van der Waals surface area contributed by atoms with E-state index in [1.165, 1.54) is 6.26 Å². The monoisotopic (exact) mass is 500 g/mol. The molecule has 5 rings (SSSR count). The van der Waals surface area contributed by atoms with E-state index in [2.05, 4.69) is 10.2 Å². The molecular weight excluding hydrogens is 472 g/mol. The zero-order valence-electron chi connectivity index (χ0n) is 20.1. The van der Waals surface area contributed by atoms with Gasteiger partial charge in [-0.25, -0.2) is 8.42 Å². The SMILES string of the molecule is CS(=O)(=O)c1ccc2c(c1)N(Cc1c(O)c(C(=O)NCc3ccccc3)cc3ccccc13)CCC2. The van der Waals surface area contributed by atoms with Gasteiger partial charge in [0, 0.05) is 37.1 Å². The number of aryl methyl sites for hydroxylation is 1. The van der Waals surface area contributed by atoms with E-state index in [-0.39, 0.29) is 22.1 Å². The maximum absolute atomic E-state index is 13.1. The van der Waals surface area contributed by atoms with Crippen molar-refractivity contribution >= 4 is 32.2 Å². The van der Waals surface area contributed by atoms with Crippen LogP contribution < -0.4 is 10.2 Å². The van der Waals surface area contributed by atoms with Crippen LogP contribution in [0.5, 0.6) is 5.75 Å². The zero-order valence-corrected chi connectivity index (χ0v) is 20.9. The summed E-state index contributed by atoms with van der Waals surface area (Å²) in [7, 11) is -3.35. The summed E-state index contributed by atoms with van der Waals surface area (Å²) in [4.78, 5) is 15.5. The van der Waals surface area contributed by atoms with Gasteiger partial charge in [-0.2, -0.15) is 0 Å². The number of phenolic OH excluding ortho intramolecular Hbond substituents is 1. The van der Waals surface area contributed by atoms with Gasteiger partial charge in [0.25, 0.3) is 5.91 Å². The average molecular weight is 501 g/mol. The van der Waals surface area contributed by atoms with Crippen LogP contribution in [0.2, 0.25) is 0 Å². The van der Waals surface area contributed by atoms with Crippen molar-refractivity contribution < 1.29 is 18.3 Å². The molecule has 1 aliphatic rings. The maximum Gasteiger partial charge on any atom is 0.255 e. The van der Waals surface area contributed by atoms with Crippen LogP contribution >= 0.6 is 0 Å². The lowest BCUT2D eigenvalue weighted by molar-refractivity contribution is 0.0948. The number of benzene rings is 4. The van der Waals surface area contributed by atoms with E-state index in [1.54, 1.807) is 18.2 Å². The standard InChI is InChI=1S/C29H28N2O4S/c1-36(34,35)23-14-13-21-11-7-15-31(27(21)17-23)19-26-24-12-6-5-10-22(24)16-25(28(26)32)29(33)30-18-20-8-3-2-4-9-20/h2-6,8-10,12-14,16-17,32H,7,11,15,18-19H2,1H3,(H,30,33). The van der Waals surface area contributed by atoms with Gasteiger partial charge in [0.2, 0.25) is 0 Å². The van der Waals surface area contributed by atoms with Crippen molar-refractivity contribution in [2.75, 3.05) is 17.7 Å². The molecule has 0 saturated carbocycles. The summed E-state index contributed by atoms with van der Waals surface area (Å²) in [6.07, 6.45) is 2.99. The third-order valence-corrected chi connectivity index (χ3v) is 7.83. The van der Waals surface area contributed by atoms with Gasteiger partial charge in [-0.1, -0.05) is 60.7 Å². The Morgan fingerprint density at radius 1 is 1.00 bits per heavy atom. The second kappa shape index (κ2) is 9.66. The highest BCUT2D eigenvalue weighted by Gasteiger charge is 2.24. The van der Waals surface area contributed by atoms with Crippen LogP contribution in [0.25, 0.3) is 10.8 Å². The summed E-state index contributed by atoms with van der Waals surface area (Å²) in [5, 5.41) is 16.0. The fourth-order valence-corrected chi connectivity index (χ4v) is 5.48. The first kappa shape index (κ1) is 23.9. The van der Waals surface area contributed by atoms with Gasteiger partial charge in [0.15, 0.2) is 9.84 Å². The second-order valence-corrected chi connectivity index (χ2v) is 11.2. The minimum Gasteiger partial charge on any atom is -0.507 e. The molecule has 1 heterocycles. The lowest BCUT2D eigenvalue weighted by Crippen LogP contribution is -2.29. The number of carbonyl (C=O) groups excluding carboxylic acids is 1. The Labute approximate surface area is 211 Å².